The molecule has 2 aromatic heterocycles. The standard InChI is InChI=1S/C23H27N3O2/c1-4-7-18(23(27)28)20-15(3)24-22-17-8-5-6-9-19(17)25-26(22)21(20)16-12-10-14(2)11-13-16/h10-13,18H,4-9H2,1-3H3,(H,27,28). The van der Waals surface area contributed by atoms with Crippen LogP contribution in [-0.4, -0.2) is 25.7 Å². The fraction of sp³-hybridized carbons (Fsp3) is 0.435. The molecule has 2 heterocycles. The summed E-state index contributed by atoms with van der Waals surface area (Å²) in [6, 6.07) is 8.27. The first-order valence-electron chi connectivity index (χ1n) is 10.2. The molecule has 1 aliphatic rings. The van der Waals surface area contributed by atoms with Crippen LogP contribution in [0.15, 0.2) is 24.3 Å². The SMILES string of the molecule is CCCC(C(=O)O)c1c(C)nc2c3c(nn2c1-c1ccc(C)cc1)CCCC3. The summed E-state index contributed by atoms with van der Waals surface area (Å²) < 4.78 is 1.93. The number of carbonyl (C=O) groups is 1. The van der Waals surface area contributed by atoms with Gasteiger partial charge in [0.05, 0.1) is 17.3 Å². The Balaban J connectivity index is 2.07. The van der Waals surface area contributed by atoms with Crippen LogP contribution in [0.5, 0.6) is 0 Å². The second-order valence-corrected chi connectivity index (χ2v) is 7.87. The molecule has 0 saturated heterocycles. The topological polar surface area (TPSA) is 67.5 Å². The van der Waals surface area contributed by atoms with Crippen LogP contribution < -0.4 is 0 Å². The Morgan fingerprint density at radius 2 is 1.89 bits per heavy atom. The van der Waals surface area contributed by atoms with Gasteiger partial charge in [-0.1, -0.05) is 43.2 Å². The van der Waals surface area contributed by atoms with E-state index in [1.807, 2.05) is 18.4 Å². The van der Waals surface area contributed by atoms with Crippen molar-refractivity contribution in [3.63, 3.8) is 0 Å². The Morgan fingerprint density at radius 3 is 2.57 bits per heavy atom. The summed E-state index contributed by atoms with van der Waals surface area (Å²) in [5.41, 5.74) is 7.91. The zero-order valence-electron chi connectivity index (χ0n) is 16.8. The quantitative estimate of drug-likeness (QED) is 0.689. The molecule has 0 amide bonds. The van der Waals surface area contributed by atoms with Gasteiger partial charge in [0.15, 0.2) is 5.65 Å². The Bertz CT molecular complexity index is 1030. The van der Waals surface area contributed by atoms with Crippen LogP contribution >= 0.6 is 0 Å². The fourth-order valence-electron chi connectivity index (χ4n) is 4.40. The highest BCUT2D eigenvalue weighted by atomic mass is 16.4. The zero-order valence-corrected chi connectivity index (χ0v) is 16.8. The first kappa shape index (κ1) is 18.7. The number of nitrogens with zero attached hydrogens (tertiary/aromatic N) is 3. The summed E-state index contributed by atoms with van der Waals surface area (Å²) >= 11 is 0. The number of hydrogen-bond acceptors (Lipinski definition) is 3. The van der Waals surface area contributed by atoms with Crippen LogP contribution in [0.25, 0.3) is 16.9 Å². The average molecular weight is 377 g/mol. The highest BCUT2D eigenvalue weighted by Crippen LogP contribution is 2.36. The lowest BCUT2D eigenvalue weighted by Crippen LogP contribution is -2.17. The predicted octanol–water partition coefficient (Wildman–Crippen LogP) is 4.86. The van der Waals surface area contributed by atoms with Crippen LogP contribution in [-0.2, 0) is 17.6 Å². The highest BCUT2D eigenvalue weighted by Gasteiger charge is 2.29. The summed E-state index contributed by atoms with van der Waals surface area (Å²) in [6.07, 6.45) is 5.66. The third kappa shape index (κ3) is 3.09. The molecule has 0 fully saturated rings. The number of rotatable bonds is 5. The van der Waals surface area contributed by atoms with Gasteiger partial charge in [0.1, 0.15) is 0 Å². The molecule has 1 N–H and O–H groups in total. The minimum absolute atomic E-state index is 0.584. The van der Waals surface area contributed by atoms with Gasteiger partial charge >= 0.3 is 5.97 Å². The van der Waals surface area contributed by atoms with Gasteiger partial charge in [-0.2, -0.15) is 5.10 Å². The number of fused-ring (bicyclic) bond motifs is 3. The van der Waals surface area contributed by atoms with E-state index in [0.29, 0.717) is 6.42 Å². The lowest BCUT2D eigenvalue weighted by molar-refractivity contribution is -0.139. The highest BCUT2D eigenvalue weighted by molar-refractivity contribution is 5.82. The van der Waals surface area contributed by atoms with Crippen molar-refractivity contribution in [3.8, 4) is 11.3 Å². The second kappa shape index (κ2) is 7.38. The monoisotopic (exact) mass is 377 g/mol. The predicted molar refractivity (Wildman–Crippen MR) is 110 cm³/mol. The molecular weight excluding hydrogens is 350 g/mol. The molecule has 0 aliphatic heterocycles. The van der Waals surface area contributed by atoms with E-state index >= 15 is 0 Å². The van der Waals surface area contributed by atoms with E-state index in [1.54, 1.807) is 0 Å². The molecule has 146 valence electrons. The van der Waals surface area contributed by atoms with E-state index < -0.39 is 11.9 Å². The number of carboxylic acids is 1. The van der Waals surface area contributed by atoms with Crippen molar-refractivity contribution >= 4 is 11.6 Å². The van der Waals surface area contributed by atoms with Crippen molar-refractivity contribution < 1.29 is 9.90 Å². The van der Waals surface area contributed by atoms with Crippen molar-refractivity contribution in [2.75, 3.05) is 0 Å². The molecule has 1 unspecified atom stereocenters. The average Bonchev–Trinajstić information content (AvgIpc) is 3.04. The summed E-state index contributed by atoms with van der Waals surface area (Å²) in [6.45, 7) is 6.03. The van der Waals surface area contributed by atoms with Crippen molar-refractivity contribution in [1.82, 2.24) is 14.6 Å². The maximum absolute atomic E-state index is 12.2. The number of aromatic nitrogens is 3. The van der Waals surface area contributed by atoms with Crippen LogP contribution in [0.2, 0.25) is 0 Å². The first-order chi connectivity index (χ1) is 13.5. The van der Waals surface area contributed by atoms with Gasteiger partial charge in [-0.3, -0.25) is 4.79 Å². The summed E-state index contributed by atoms with van der Waals surface area (Å²) in [5, 5.41) is 14.9. The normalized spacial score (nSPS) is 14.8. The molecule has 5 nitrogen and oxygen atoms in total. The Labute approximate surface area is 165 Å². The zero-order chi connectivity index (χ0) is 19.8. The van der Waals surface area contributed by atoms with E-state index in [-0.39, 0.29) is 0 Å². The minimum Gasteiger partial charge on any atom is -0.481 e. The van der Waals surface area contributed by atoms with Gasteiger partial charge in [0, 0.05) is 22.4 Å². The van der Waals surface area contributed by atoms with E-state index in [4.69, 9.17) is 10.1 Å². The molecule has 3 aromatic rings. The number of carboxylic acid groups (broad SMARTS) is 1. The van der Waals surface area contributed by atoms with Gasteiger partial charge < -0.3 is 5.11 Å². The molecule has 4 rings (SSSR count). The van der Waals surface area contributed by atoms with Gasteiger partial charge in [-0.25, -0.2) is 9.50 Å². The Kier molecular flexibility index (Phi) is 4.92. The van der Waals surface area contributed by atoms with Gasteiger partial charge in [0.25, 0.3) is 0 Å². The molecule has 0 radical (unpaired) electrons. The van der Waals surface area contributed by atoms with Gasteiger partial charge in [0.2, 0.25) is 0 Å². The molecule has 0 bridgehead atoms. The molecular formula is C23H27N3O2. The van der Waals surface area contributed by atoms with Gasteiger partial charge in [-0.15, -0.1) is 0 Å². The largest absolute Gasteiger partial charge is 0.481 e. The number of aryl methyl sites for hydroxylation is 4. The van der Waals surface area contributed by atoms with Crippen LogP contribution in [0.4, 0.5) is 0 Å². The summed E-state index contributed by atoms with van der Waals surface area (Å²) in [4.78, 5) is 17.0. The Morgan fingerprint density at radius 1 is 1.18 bits per heavy atom. The van der Waals surface area contributed by atoms with Crippen LogP contribution in [0.3, 0.4) is 0 Å². The summed E-state index contributed by atoms with van der Waals surface area (Å²) in [5.74, 6) is -1.38. The number of aliphatic carboxylic acids is 1. The molecule has 1 atom stereocenters. The lowest BCUT2D eigenvalue weighted by atomic mass is 9.89. The van der Waals surface area contributed by atoms with Crippen molar-refractivity contribution in [1.29, 1.82) is 0 Å². The van der Waals surface area contributed by atoms with E-state index in [9.17, 15) is 9.90 Å². The summed E-state index contributed by atoms with van der Waals surface area (Å²) in [7, 11) is 0. The van der Waals surface area contributed by atoms with E-state index in [1.165, 1.54) is 11.1 Å². The third-order valence-electron chi connectivity index (χ3n) is 5.81. The maximum atomic E-state index is 12.2. The molecule has 0 spiro atoms. The van der Waals surface area contributed by atoms with Crippen molar-refractivity contribution in [2.24, 2.45) is 0 Å². The first-order valence-corrected chi connectivity index (χ1v) is 10.2. The Hall–Kier alpha value is -2.69. The number of hydrogen-bond donors (Lipinski definition) is 1. The van der Waals surface area contributed by atoms with E-state index in [0.717, 1.165) is 66.0 Å². The lowest BCUT2D eigenvalue weighted by Gasteiger charge is -2.20. The number of benzene rings is 1. The minimum atomic E-state index is -0.795. The smallest absolute Gasteiger partial charge is 0.311 e. The molecule has 1 aliphatic carbocycles. The van der Waals surface area contributed by atoms with Crippen LogP contribution in [0, 0.1) is 13.8 Å². The second-order valence-electron chi connectivity index (χ2n) is 7.87. The molecule has 5 heteroatoms. The van der Waals surface area contributed by atoms with Crippen molar-refractivity contribution in [2.45, 2.75) is 65.2 Å². The fourth-order valence-corrected chi connectivity index (χ4v) is 4.40. The van der Waals surface area contributed by atoms with Gasteiger partial charge in [-0.05, 0) is 46.0 Å². The molecule has 1 aromatic carbocycles. The maximum Gasteiger partial charge on any atom is 0.311 e. The molecule has 0 saturated carbocycles. The van der Waals surface area contributed by atoms with Crippen molar-refractivity contribution in [3.05, 3.63) is 52.3 Å². The van der Waals surface area contributed by atoms with Crippen LogP contribution in [0.1, 0.15) is 66.6 Å². The van der Waals surface area contributed by atoms with E-state index in [2.05, 4.69) is 31.2 Å². The molecule has 28 heavy (non-hydrogen) atoms. The third-order valence-corrected chi connectivity index (χ3v) is 5.81.